The van der Waals surface area contributed by atoms with E-state index in [0.29, 0.717) is 0 Å². The maximum absolute atomic E-state index is 6.21. The highest BCUT2D eigenvalue weighted by Gasteiger charge is 2.11. The minimum absolute atomic E-state index is 0.0277. The van der Waals surface area contributed by atoms with Gasteiger partial charge in [0.15, 0.2) is 0 Å². The Balaban J connectivity index is 1.84. The molecule has 2 N–H and O–H groups in total. The third kappa shape index (κ3) is 4.07. The summed E-state index contributed by atoms with van der Waals surface area (Å²) in [6.07, 6.45) is 4.80. The lowest BCUT2D eigenvalue weighted by atomic mass is 10.0. The van der Waals surface area contributed by atoms with E-state index >= 15 is 0 Å². The molecule has 0 aliphatic carbocycles. The molecule has 108 valence electrons. The molecule has 0 aliphatic rings. The average Bonchev–Trinajstić information content (AvgIpc) is 2.82. The van der Waals surface area contributed by atoms with Gasteiger partial charge in [0, 0.05) is 36.4 Å². The predicted molar refractivity (Wildman–Crippen MR) is 82.5 cm³/mol. The van der Waals surface area contributed by atoms with Gasteiger partial charge < -0.3 is 10.6 Å². The molecule has 2 aromatic rings. The van der Waals surface area contributed by atoms with Crippen LogP contribution in [0, 0.1) is 0 Å². The van der Waals surface area contributed by atoms with Crippen LogP contribution in [0.2, 0.25) is 5.02 Å². The van der Waals surface area contributed by atoms with E-state index in [4.69, 9.17) is 17.3 Å². The molecular weight excluding hydrogens is 272 g/mol. The summed E-state index contributed by atoms with van der Waals surface area (Å²) in [4.78, 5) is 2.24. The zero-order valence-electron chi connectivity index (χ0n) is 12.0. The Morgan fingerprint density at radius 1 is 1.40 bits per heavy atom. The molecule has 0 bridgehead atoms. The first-order valence-corrected chi connectivity index (χ1v) is 7.10. The van der Waals surface area contributed by atoms with Crippen LogP contribution < -0.4 is 5.73 Å². The van der Waals surface area contributed by atoms with Crippen LogP contribution in [0.25, 0.3) is 0 Å². The number of nitrogens with zero attached hydrogens (tertiary/aromatic N) is 3. The highest BCUT2D eigenvalue weighted by atomic mass is 35.5. The van der Waals surface area contributed by atoms with Crippen molar-refractivity contribution in [3.05, 3.63) is 52.8 Å². The molecule has 1 aromatic carbocycles. The number of hydrogen-bond donors (Lipinski definition) is 1. The largest absolute Gasteiger partial charge is 0.324 e. The Morgan fingerprint density at radius 3 is 2.80 bits per heavy atom. The van der Waals surface area contributed by atoms with Crippen LogP contribution in [0.5, 0.6) is 0 Å². The first-order valence-electron chi connectivity index (χ1n) is 6.72. The van der Waals surface area contributed by atoms with E-state index < -0.39 is 0 Å². The molecule has 1 heterocycles. The van der Waals surface area contributed by atoms with Crippen molar-refractivity contribution >= 4 is 11.6 Å². The molecule has 0 fully saturated rings. The van der Waals surface area contributed by atoms with E-state index in [1.807, 2.05) is 48.4 Å². The van der Waals surface area contributed by atoms with E-state index in [1.54, 1.807) is 0 Å². The van der Waals surface area contributed by atoms with Gasteiger partial charge >= 0.3 is 0 Å². The van der Waals surface area contributed by atoms with Crippen molar-refractivity contribution < 1.29 is 0 Å². The summed E-state index contributed by atoms with van der Waals surface area (Å²) in [6.45, 7) is 1.80. The Kier molecular flexibility index (Phi) is 5.17. The van der Waals surface area contributed by atoms with Crippen LogP contribution in [-0.4, -0.2) is 28.3 Å². The second-order valence-corrected chi connectivity index (χ2v) is 5.58. The Hall–Kier alpha value is -1.36. The zero-order chi connectivity index (χ0) is 14.5. The van der Waals surface area contributed by atoms with E-state index in [-0.39, 0.29) is 6.04 Å². The van der Waals surface area contributed by atoms with Gasteiger partial charge in [0.25, 0.3) is 0 Å². The molecule has 0 spiro atoms. The van der Waals surface area contributed by atoms with Gasteiger partial charge in [0.2, 0.25) is 0 Å². The monoisotopic (exact) mass is 292 g/mol. The summed E-state index contributed by atoms with van der Waals surface area (Å²) in [5.74, 6) is 0. The third-order valence-electron chi connectivity index (χ3n) is 3.34. The standard InChI is InChI=1S/C15H21ClN4/c1-19(10-12-9-18-20(2)11-12)8-7-15(17)13-5-3-4-6-14(13)16/h3-6,9,11,15H,7-8,10,17H2,1-2H3. The molecule has 0 radical (unpaired) electrons. The number of rotatable bonds is 6. The van der Waals surface area contributed by atoms with E-state index in [2.05, 4.69) is 17.0 Å². The van der Waals surface area contributed by atoms with Crippen LogP contribution in [0.4, 0.5) is 0 Å². The lowest BCUT2D eigenvalue weighted by Gasteiger charge is -2.19. The van der Waals surface area contributed by atoms with E-state index in [1.165, 1.54) is 5.56 Å². The molecule has 1 aromatic heterocycles. The first-order chi connectivity index (χ1) is 9.56. The molecule has 20 heavy (non-hydrogen) atoms. The van der Waals surface area contributed by atoms with Crippen molar-refractivity contribution in [3.63, 3.8) is 0 Å². The quantitative estimate of drug-likeness (QED) is 0.890. The van der Waals surface area contributed by atoms with Crippen molar-refractivity contribution in [1.82, 2.24) is 14.7 Å². The summed E-state index contributed by atoms with van der Waals surface area (Å²) in [5.41, 5.74) is 8.44. The molecule has 0 aliphatic heterocycles. The molecule has 1 unspecified atom stereocenters. The van der Waals surface area contributed by atoms with Gasteiger partial charge in [0.1, 0.15) is 0 Å². The average molecular weight is 293 g/mol. The molecule has 0 saturated heterocycles. The SMILES string of the molecule is CN(CCC(N)c1ccccc1Cl)Cc1cnn(C)c1. The molecule has 1 atom stereocenters. The predicted octanol–water partition coefficient (Wildman–Crippen LogP) is 2.60. The highest BCUT2D eigenvalue weighted by Crippen LogP contribution is 2.23. The van der Waals surface area contributed by atoms with Crippen LogP contribution in [0.1, 0.15) is 23.6 Å². The van der Waals surface area contributed by atoms with Crippen molar-refractivity contribution in [3.8, 4) is 0 Å². The fourth-order valence-electron chi connectivity index (χ4n) is 2.24. The van der Waals surface area contributed by atoms with Gasteiger partial charge in [0.05, 0.1) is 6.20 Å². The van der Waals surface area contributed by atoms with Crippen molar-refractivity contribution in [1.29, 1.82) is 0 Å². The maximum atomic E-state index is 6.21. The summed E-state index contributed by atoms with van der Waals surface area (Å²) in [6, 6.07) is 7.75. The Bertz CT molecular complexity index is 552. The normalized spacial score (nSPS) is 12.8. The van der Waals surface area contributed by atoms with Gasteiger partial charge in [-0.2, -0.15) is 5.10 Å². The zero-order valence-corrected chi connectivity index (χ0v) is 12.7. The van der Waals surface area contributed by atoms with Crippen molar-refractivity contribution in [2.45, 2.75) is 19.0 Å². The summed E-state index contributed by atoms with van der Waals surface area (Å²) >= 11 is 6.16. The Labute approximate surface area is 125 Å². The van der Waals surface area contributed by atoms with Gasteiger partial charge in [-0.05, 0) is 31.6 Å². The topological polar surface area (TPSA) is 47.1 Å². The second kappa shape index (κ2) is 6.88. The molecule has 0 amide bonds. The van der Waals surface area contributed by atoms with E-state index in [0.717, 1.165) is 30.1 Å². The molecular formula is C15H21ClN4. The minimum atomic E-state index is -0.0277. The van der Waals surface area contributed by atoms with Gasteiger partial charge in [-0.25, -0.2) is 0 Å². The second-order valence-electron chi connectivity index (χ2n) is 5.18. The van der Waals surface area contributed by atoms with Crippen molar-refractivity contribution in [2.75, 3.05) is 13.6 Å². The number of aromatic nitrogens is 2. The number of hydrogen-bond acceptors (Lipinski definition) is 3. The lowest BCUT2D eigenvalue weighted by molar-refractivity contribution is 0.311. The van der Waals surface area contributed by atoms with Gasteiger partial charge in [-0.1, -0.05) is 29.8 Å². The third-order valence-corrected chi connectivity index (χ3v) is 3.68. The lowest BCUT2D eigenvalue weighted by Crippen LogP contribution is -2.23. The van der Waals surface area contributed by atoms with Crippen LogP contribution >= 0.6 is 11.6 Å². The highest BCUT2D eigenvalue weighted by molar-refractivity contribution is 6.31. The van der Waals surface area contributed by atoms with Crippen molar-refractivity contribution in [2.24, 2.45) is 12.8 Å². The number of benzene rings is 1. The maximum Gasteiger partial charge on any atom is 0.0534 e. The number of halogens is 1. The summed E-state index contributed by atoms with van der Waals surface area (Å²) in [7, 11) is 4.02. The minimum Gasteiger partial charge on any atom is -0.324 e. The molecule has 5 heteroatoms. The molecule has 2 rings (SSSR count). The van der Waals surface area contributed by atoms with Crippen LogP contribution in [0.15, 0.2) is 36.7 Å². The molecule has 0 saturated carbocycles. The fourth-order valence-corrected chi connectivity index (χ4v) is 2.51. The fraction of sp³-hybridized carbons (Fsp3) is 0.400. The van der Waals surface area contributed by atoms with Gasteiger partial charge in [-0.15, -0.1) is 0 Å². The van der Waals surface area contributed by atoms with Crippen LogP contribution in [0.3, 0.4) is 0 Å². The Morgan fingerprint density at radius 2 is 2.15 bits per heavy atom. The first kappa shape index (κ1) is 15.0. The summed E-state index contributed by atoms with van der Waals surface area (Å²) < 4.78 is 1.82. The molecule has 4 nitrogen and oxygen atoms in total. The summed E-state index contributed by atoms with van der Waals surface area (Å²) in [5, 5.41) is 4.92. The number of aryl methyl sites for hydroxylation is 1. The number of nitrogens with two attached hydrogens (primary N) is 1. The van der Waals surface area contributed by atoms with Gasteiger partial charge in [-0.3, -0.25) is 4.68 Å². The van der Waals surface area contributed by atoms with Crippen LogP contribution in [-0.2, 0) is 13.6 Å². The smallest absolute Gasteiger partial charge is 0.0534 e. The van der Waals surface area contributed by atoms with E-state index in [9.17, 15) is 0 Å².